The molecule has 0 aromatic heterocycles. The molecule has 1 rings (SSSR count). The van der Waals surface area contributed by atoms with Crippen LogP contribution in [0.2, 0.25) is 0 Å². The van der Waals surface area contributed by atoms with Gasteiger partial charge in [-0.1, -0.05) is 30.3 Å². The van der Waals surface area contributed by atoms with Crippen LogP contribution >= 0.6 is 0 Å². The number of benzene rings is 1. The fourth-order valence-corrected chi connectivity index (χ4v) is 1.85. The summed E-state index contributed by atoms with van der Waals surface area (Å²) in [5.41, 5.74) is 0.559. The van der Waals surface area contributed by atoms with Gasteiger partial charge in [0.15, 0.2) is 0 Å². The summed E-state index contributed by atoms with van der Waals surface area (Å²) in [4.78, 5) is 11.6. The maximum Gasteiger partial charge on any atom is 0.312 e. The topological polar surface area (TPSA) is 58.6 Å². The van der Waals surface area contributed by atoms with Crippen LogP contribution in [0.5, 0.6) is 0 Å². The maximum absolute atomic E-state index is 11.6. The Hall–Kier alpha value is -1.39. The summed E-state index contributed by atoms with van der Waals surface area (Å²) in [7, 11) is 1.39. The zero-order valence-electron chi connectivity index (χ0n) is 11.8. The average Bonchev–Trinajstić information content (AvgIpc) is 2.43. The van der Waals surface area contributed by atoms with Gasteiger partial charge in [0.05, 0.1) is 19.1 Å². The molecular formula is C15H23NO3. The Labute approximate surface area is 114 Å². The van der Waals surface area contributed by atoms with Gasteiger partial charge in [-0.2, -0.15) is 0 Å². The standard InChI is InChI=1S/C15H23NO3/c1-15(2,14(18)19-3)11-16-13(10-17)9-12-7-5-4-6-8-12/h4-8,13,16-17H,9-11H2,1-3H3. The van der Waals surface area contributed by atoms with Crippen LogP contribution in [0.25, 0.3) is 0 Å². The monoisotopic (exact) mass is 265 g/mol. The number of esters is 1. The van der Waals surface area contributed by atoms with Crippen molar-refractivity contribution in [3.05, 3.63) is 35.9 Å². The summed E-state index contributed by atoms with van der Waals surface area (Å²) in [6.45, 7) is 4.15. The van der Waals surface area contributed by atoms with Crippen LogP contribution in [-0.2, 0) is 16.0 Å². The molecule has 4 nitrogen and oxygen atoms in total. The number of ether oxygens (including phenoxy) is 1. The number of carbonyl (C=O) groups is 1. The van der Waals surface area contributed by atoms with E-state index in [1.165, 1.54) is 7.11 Å². The summed E-state index contributed by atoms with van der Waals surface area (Å²) in [6.07, 6.45) is 0.731. The second-order valence-electron chi connectivity index (χ2n) is 5.33. The Morgan fingerprint density at radius 1 is 1.37 bits per heavy atom. The average molecular weight is 265 g/mol. The van der Waals surface area contributed by atoms with Crippen molar-refractivity contribution in [1.82, 2.24) is 5.32 Å². The van der Waals surface area contributed by atoms with Gasteiger partial charge < -0.3 is 15.2 Å². The van der Waals surface area contributed by atoms with E-state index in [1.54, 1.807) is 0 Å². The van der Waals surface area contributed by atoms with E-state index in [1.807, 2.05) is 44.2 Å². The molecule has 0 bridgehead atoms. The minimum Gasteiger partial charge on any atom is -0.469 e. The molecule has 1 unspecified atom stereocenters. The van der Waals surface area contributed by atoms with Crippen LogP contribution in [-0.4, -0.2) is 37.4 Å². The van der Waals surface area contributed by atoms with Crippen molar-refractivity contribution in [3.8, 4) is 0 Å². The predicted molar refractivity (Wildman–Crippen MR) is 74.8 cm³/mol. The Morgan fingerprint density at radius 2 is 2.00 bits per heavy atom. The van der Waals surface area contributed by atoms with Gasteiger partial charge in [0.2, 0.25) is 0 Å². The molecule has 0 fully saturated rings. The summed E-state index contributed by atoms with van der Waals surface area (Å²) in [5, 5.41) is 12.6. The van der Waals surface area contributed by atoms with E-state index >= 15 is 0 Å². The van der Waals surface area contributed by atoms with Crippen LogP contribution < -0.4 is 5.32 Å². The number of hydrogen-bond acceptors (Lipinski definition) is 4. The second kappa shape index (κ2) is 7.26. The van der Waals surface area contributed by atoms with Crippen LogP contribution in [0.4, 0.5) is 0 Å². The van der Waals surface area contributed by atoms with Crippen LogP contribution in [0.3, 0.4) is 0 Å². The first-order valence-electron chi connectivity index (χ1n) is 6.46. The van der Waals surface area contributed by atoms with Crippen molar-refractivity contribution >= 4 is 5.97 Å². The Bertz CT molecular complexity index is 390. The molecule has 0 radical (unpaired) electrons. The zero-order chi connectivity index (χ0) is 14.3. The molecule has 0 saturated heterocycles. The Balaban J connectivity index is 2.52. The normalized spacial score (nSPS) is 13.1. The van der Waals surface area contributed by atoms with Crippen molar-refractivity contribution < 1.29 is 14.6 Å². The molecule has 0 amide bonds. The van der Waals surface area contributed by atoms with Gasteiger partial charge in [-0.05, 0) is 25.8 Å². The van der Waals surface area contributed by atoms with Crippen LogP contribution in [0, 0.1) is 5.41 Å². The Kier molecular flexibility index (Phi) is 5.99. The molecule has 19 heavy (non-hydrogen) atoms. The lowest BCUT2D eigenvalue weighted by Gasteiger charge is -2.25. The number of aliphatic hydroxyl groups is 1. The largest absolute Gasteiger partial charge is 0.469 e. The maximum atomic E-state index is 11.6. The summed E-state index contributed by atoms with van der Waals surface area (Å²) < 4.78 is 4.76. The smallest absolute Gasteiger partial charge is 0.312 e. The van der Waals surface area contributed by atoms with E-state index in [9.17, 15) is 9.90 Å². The summed E-state index contributed by atoms with van der Waals surface area (Å²) in [6, 6.07) is 9.90. The SMILES string of the molecule is COC(=O)C(C)(C)CNC(CO)Cc1ccccc1. The summed E-state index contributed by atoms with van der Waals surface area (Å²) in [5.74, 6) is -0.253. The molecule has 0 heterocycles. The molecule has 4 heteroatoms. The third-order valence-electron chi connectivity index (χ3n) is 3.12. The lowest BCUT2D eigenvalue weighted by molar-refractivity contribution is -0.150. The van der Waals surface area contributed by atoms with E-state index in [0.717, 1.165) is 12.0 Å². The van der Waals surface area contributed by atoms with Gasteiger partial charge in [-0.25, -0.2) is 0 Å². The number of methoxy groups -OCH3 is 1. The highest BCUT2D eigenvalue weighted by Gasteiger charge is 2.29. The second-order valence-corrected chi connectivity index (χ2v) is 5.33. The van der Waals surface area contributed by atoms with Crippen LogP contribution in [0.1, 0.15) is 19.4 Å². The molecule has 0 aliphatic heterocycles. The van der Waals surface area contributed by atoms with Gasteiger partial charge in [0.1, 0.15) is 0 Å². The lowest BCUT2D eigenvalue weighted by Crippen LogP contribution is -2.43. The third-order valence-corrected chi connectivity index (χ3v) is 3.12. The molecule has 0 aliphatic carbocycles. The number of nitrogens with one attached hydrogen (secondary N) is 1. The van der Waals surface area contributed by atoms with Crippen molar-refractivity contribution in [2.45, 2.75) is 26.3 Å². The summed E-state index contributed by atoms with van der Waals surface area (Å²) >= 11 is 0. The van der Waals surface area contributed by atoms with Gasteiger partial charge in [0, 0.05) is 12.6 Å². The van der Waals surface area contributed by atoms with Gasteiger partial charge in [-0.3, -0.25) is 4.79 Å². The number of aliphatic hydroxyl groups excluding tert-OH is 1. The van der Waals surface area contributed by atoms with E-state index in [0.29, 0.717) is 6.54 Å². The minimum absolute atomic E-state index is 0.0339. The quantitative estimate of drug-likeness (QED) is 0.731. The van der Waals surface area contributed by atoms with E-state index in [4.69, 9.17) is 4.74 Å². The molecule has 0 saturated carbocycles. The van der Waals surface area contributed by atoms with Crippen molar-refractivity contribution in [1.29, 1.82) is 0 Å². The number of carbonyl (C=O) groups excluding carboxylic acids is 1. The molecule has 1 atom stereocenters. The van der Waals surface area contributed by atoms with E-state index in [2.05, 4.69) is 5.32 Å². The molecule has 2 N–H and O–H groups in total. The van der Waals surface area contributed by atoms with Crippen molar-refractivity contribution in [2.75, 3.05) is 20.3 Å². The first-order valence-corrected chi connectivity index (χ1v) is 6.46. The fourth-order valence-electron chi connectivity index (χ4n) is 1.85. The number of hydrogen-bond donors (Lipinski definition) is 2. The van der Waals surface area contributed by atoms with Crippen molar-refractivity contribution in [3.63, 3.8) is 0 Å². The lowest BCUT2D eigenvalue weighted by atomic mass is 9.93. The van der Waals surface area contributed by atoms with Crippen LogP contribution in [0.15, 0.2) is 30.3 Å². The van der Waals surface area contributed by atoms with Gasteiger partial charge in [0.25, 0.3) is 0 Å². The molecule has 1 aromatic rings. The van der Waals surface area contributed by atoms with Crippen molar-refractivity contribution in [2.24, 2.45) is 5.41 Å². The molecule has 0 aliphatic rings. The predicted octanol–water partition coefficient (Wildman–Crippen LogP) is 1.38. The van der Waals surface area contributed by atoms with Gasteiger partial charge in [-0.15, -0.1) is 0 Å². The molecule has 106 valence electrons. The highest BCUT2D eigenvalue weighted by atomic mass is 16.5. The molecule has 1 aromatic carbocycles. The van der Waals surface area contributed by atoms with E-state index < -0.39 is 5.41 Å². The first-order chi connectivity index (χ1) is 8.99. The number of rotatable bonds is 7. The van der Waals surface area contributed by atoms with E-state index in [-0.39, 0.29) is 18.6 Å². The first kappa shape index (κ1) is 15.7. The fraction of sp³-hybridized carbons (Fsp3) is 0.533. The highest BCUT2D eigenvalue weighted by Crippen LogP contribution is 2.16. The van der Waals surface area contributed by atoms with Gasteiger partial charge >= 0.3 is 5.97 Å². The zero-order valence-corrected chi connectivity index (χ0v) is 11.8. The minimum atomic E-state index is -0.598. The highest BCUT2D eigenvalue weighted by molar-refractivity contribution is 5.76. The Morgan fingerprint density at radius 3 is 2.53 bits per heavy atom. The molecular weight excluding hydrogens is 242 g/mol. The third kappa shape index (κ3) is 5.01. The molecule has 0 spiro atoms.